The Bertz CT molecular complexity index is 563. The lowest BCUT2D eigenvalue weighted by molar-refractivity contribution is 0.0526. The van der Waals surface area contributed by atoms with E-state index >= 15 is 0 Å². The fourth-order valence-electron chi connectivity index (χ4n) is 1.57. The zero-order valence-electron chi connectivity index (χ0n) is 11.4. The van der Waals surface area contributed by atoms with Gasteiger partial charge >= 0.3 is 5.97 Å². The van der Waals surface area contributed by atoms with Crippen molar-refractivity contribution in [2.45, 2.75) is 13.7 Å². The molecule has 0 radical (unpaired) electrons. The summed E-state index contributed by atoms with van der Waals surface area (Å²) in [7, 11) is 1.61. The van der Waals surface area contributed by atoms with Crippen molar-refractivity contribution >= 4 is 5.97 Å². The number of hydrogen-bond acceptors (Lipinski definition) is 5. The van der Waals surface area contributed by atoms with E-state index in [2.05, 4.69) is 5.10 Å². The average Bonchev–Trinajstić information content (AvgIpc) is 2.95. The Morgan fingerprint density at radius 1 is 1.25 bits per heavy atom. The van der Waals surface area contributed by atoms with E-state index in [4.69, 9.17) is 14.2 Å². The summed E-state index contributed by atoms with van der Waals surface area (Å²) in [6, 6.07) is 7.22. The van der Waals surface area contributed by atoms with Gasteiger partial charge < -0.3 is 14.2 Å². The molecule has 2 aromatic rings. The molecule has 0 saturated carbocycles. The van der Waals surface area contributed by atoms with Crippen molar-refractivity contribution in [3.8, 4) is 11.5 Å². The number of carbonyl (C=O) groups is 1. The van der Waals surface area contributed by atoms with Gasteiger partial charge in [-0.2, -0.15) is 5.10 Å². The molecule has 1 heterocycles. The van der Waals surface area contributed by atoms with Gasteiger partial charge in [0, 0.05) is 6.20 Å². The third kappa shape index (κ3) is 3.50. The molecule has 0 spiro atoms. The molecular weight excluding hydrogens is 260 g/mol. The second-order valence-corrected chi connectivity index (χ2v) is 3.94. The Balaban J connectivity index is 1.91. The van der Waals surface area contributed by atoms with Crippen LogP contribution in [-0.2, 0) is 11.5 Å². The minimum absolute atomic E-state index is 0.214. The molecule has 20 heavy (non-hydrogen) atoms. The molecule has 0 aliphatic carbocycles. The lowest BCUT2D eigenvalue weighted by atomic mass is 10.3. The standard InChI is InChI=1S/C14H16N2O4/c1-3-19-14(17)11-8-15-16(9-11)10-20-13-6-4-12(18-2)5-7-13/h4-9H,3,10H2,1-2H3. The van der Waals surface area contributed by atoms with E-state index in [-0.39, 0.29) is 12.7 Å². The SMILES string of the molecule is CCOC(=O)c1cnn(COc2ccc(OC)cc2)c1. The van der Waals surface area contributed by atoms with Gasteiger partial charge in [-0.3, -0.25) is 0 Å². The van der Waals surface area contributed by atoms with Crippen LogP contribution in [0.2, 0.25) is 0 Å². The highest BCUT2D eigenvalue weighted by atomic mass is 16.5. The summed E-state index contributed by atoms with van der Waals surface area (Å²) in [6.07, 6.45) is 3.04. The van der Waals surface area contributed by atoms with Gasteiger partial charge in [0.25, 0.3) is 0 Å². The second-order valence-electron chi connectivity index (χ2n) is 3.94. The van der Waals surface area contributed by atoms with E-state index in [1.807, 2.05) is 12.1 Å². The Kier molecular flexibility index (Phi) is 4.60. The summed E-state index contributed by atoms with van der Waals surface area (Å²) >= 11 is 0. The van der Waals surface area contributed by atoms with Crippen LogP contribution in [0.15, 0.2) is 36.7 Å². The minimum Gasteiger partial charge on any atom is -0.497 e. The molecule has 106 valence electrons. The first-order chi connectivity index (χ1) is 9.72. The number of rotatable bonds is 6. The van der Waals surface area contributed by atoms with Crippen molar-refractivity contribution in [2.24, 2.45) is 0 Å². The quantitative estimate of drug-likeness (QED) is 0.756. The molecule has 2 rings (SSSR count). The number of benzene rings is 1. The van der Waals surface area contributed by atoms with E-state index in [0.29, 0.717) is 17.9 Å². The van der Waals surface area contributed by atoms with Crippen molar-refractivity contribution in [2.75, 3.05) is 13.7 Å². The van der Waals surface area contributed by atoms with Crippen LogP contribution in [0.3, 0.4) is 0 Å². The number of methoxy groups -OCH3 is 1. The summed E-state index contributed by atoms with van der Waals surface area (Å²) in [5.41, 5.74) is 0.408. The molecule has 1 aromatic carbocycles. The molecule has 0 amide bonds. The Morgan fingerprint density at radius 3 is 2.60 bits per heavy atom. The highest BCUT2D eigenvalue weighted by molar-refractivity contribution is 5.88. The molecule has 0 unspecified atom stereocenters. The van der Waals surface area contributed by atoms with E-state index in [1.165, 1.54) is 10.9 Å². The predicted molar refractivity (Wildman–Crippen MR) is 71.8 cm³/mol. The van der Waals surface area contributed by atoms with Crippen LogP contribution in [0, 0.1) is 0 Å². The maximum absolute atomic E-state index is 11.5. The molecule has 0 fully saturated rings. The summed E-state index contributed by atoms with van der Waals surface area (Å²) in [5, 5.41) is 4.03. The van der Waals surface area contributed by atoms with Gasteiger partial charge in [0.05, 0.1) is 25.5 Å². The summed E-state index contributed by atoms with van der Waals surface area (Å²) in [5.74, 6) is 1.07. The molecular formula is C14H16N2O4. The zero-order valence-corrected chi connectivity index (χ0v) is 11.4. The minimum atomic E-state index is -0.386. The number of nitrogens with zero attached hydrogens (tertiary/aromatic N) is 2. The molecule has 1 aromatic heterocycles. The van der Waals surface area contributed by atoms with E-state index < -0.39 is 0 Å². The van der Waals surface area contributed by atoms with Crippen LogP contribution >= 0.6 is 0 Å². The molecule has 0 N–H and O–H groups in total. The van der Waals surface area contributed by atoms with Crippen LogP contribution in [0.5, 0.6) is 11.5 Å². The third-order valence-corrected chi connectivity index (χ3v) is 2.57. The topological polar surface area (TPSA) is 62.6 Å². The third-order valence-electron chi connectivity index (χ3n) is 2.57. The number of esters is 1. The molecule has 6 nitrogen and oxygen atoms in total. The Hall–Kier alpha value is -2.50. The highest BCUT2D eigenvalue weighted by Gasteiger charge is 2.09. The maximum Gasteiger partial charge on any atom is 0.341 e. The fraction of sp³-hybridized carbons (Fsp3) is 0.286. The second kappa shape index (κ2) is 6.60. The molecule has 0 bridgehead atoms. The Morgan fingerprint density at radius 2 is 1.95 bits per heavy atom. The summed E-state index contributed by atoms with van der Waals surface area (Å²) < 4.78 is 17.0. The highest BCUT2D eigenvalue weighted by Crippen LogP contribution is 2.17. The van der Waals surface area contributed by atoms with Gasteiger partial charge in [0.2, 0.25) is 0 Å². The Labute approximate surface area is 116 Å². The smallest absolute Gasteiger partial charge is 0.341 e. The summed E-state index contributed by atoms with van der Waals surface area (Å²) in [6.45, 7) is 2.31. The van der Waals surface area contributed by atoms with Gasteiger partial charge in [-0.15, -0.1) is 0 Å². The first-order valence-corrected chi connectivity index (χ1v) is 6.19. The van der Waals surface area contributed by atoms with E-state index in [0.717, 1.165) is 5.75 Å². The van der Waals surface area contributed by atoms with Crippen molar-refractivity contribution in [3.05, 3.63) is 42.2 Å². The van der Waals surface area contributed by atoms with Crippen LogP contribution < -0.4 is 9.47 Å². The van der Waals surface area contributed by atoms with Crippen molar-refractivity contribution < 1.29 is 19.0 Å². The number of carbonyl (C=O) groups excluding carboxylic acids is 1. The number of ether oxygens (including phenoxy) is 3. The predicted octanol–water partition coefficient (Wildman–Crippen LogP) is 2.10. The number of hydrogen-bond donors (Lipinski definition) is 0. The zero-order chi connectivity index (χ0) is 14.4. The van der Waals surface area contributed by atoms with Gasteiger partial charge in [-0.25, -0.2) is 9.48 Å². The maximum atomic E-state index is 11.5. The van der Waals surface area contributed by atoms with E-state index in [1.54, 1.807) is 32.4 Å². The first kappa shape index (κ1) is 13.9. The largest absolute Gasteiger partial charge is 0.497 e. The molecule has 0 atom stereocenters. The normalized spacial score (nSPS) is 10.1. The average molecular weight is 276 g/mol. The van der Waals surface area contributed by atoms with Crippen molar-refractivity contribution in [1.29, 1.82) is 0 Å². The van der Waals surface area contributed by atoms with Crippen molar-refractivity contribution in [3.63, 3.8) is 0 Å². The van der Waals surface area contributed by atoms with E-state index in [9.17, 15) is 4.79 Å². The van der Waals surface area contributed by atoms with Gasteiger partial charge in [-0.05, 0) is 31.2 Å². The van der Waals surface area contributed by atoms with Gasteiger partial charge in [-0.1, -0.05) is 0 Å². The lowest BCUT2D eigenvalue weighted by Crippen LogP contribution is -2.06. The van der Waals surface area contributed by atoms with Crippen LogP contribution in [0.25, 0.3) is 0 Å². The van der Waals surface area contributed by atoms with Crippen molar-refractivity contribution in [1.82, 2.24) is 9.78 Å². The van der Waals surface area contributed by atoms with Crippen LogP contribution in [-0.4, -0.2) is 29.5 Å². The van der Waals surface area contributed by atoms with Crippen LogP contribution in [0.1, 0.15) is 17.3 Å². The monoisotopic (exact) mass is 276 g/mol. The van der Waals surface area contributed by atoms with Crippen LogP contribution in [0.4, 0.5) is 0 Å². The number of aromatic nitrogens is 2. The van der Waals surface area contributed by atoms with Gasteiger partial charge in [0.1, 0.15) is 11.5 Å². The first-order valence-electron chi connectivity index (χ1n) is 6.19. The summed E-state index contributed by atoms with van der Waals surface area (Å²) in [4.78, 5) is 11.5. The fourth-order valence-corrected chi connectivity index (χ4v) is 1.57. The molecule has 6 heteroatoms. The molecule has 0 saturated heterocycles. The lowest BCUT2D eigenvalue weighted by Gasteiger charge is -2.06. The molecule has 0 aliphatic heterocycles. The molecule has 0 aliphatic rings. The van der Waals surface area contributed by atoms with Gasteiger partial charge in [0.15, 0.2) is 6.73 Å².